The standard InChI is InChI=1S/C11H23NO2/c1-3-9-12-11(14)8-6-5-7-10(13)4-2/h10,13H,3-9H2,1-2H3,(H,12,14). The predicted molar refractivity (Wildman–Crippen MR) is 58.1 cm³/mol. The van der Waals surface area contributed by atoms with E-state index in [2.05, 4.69) is 5.32 Å². The quantitative estimate of drug-likeness (QED) is 0.589. The zero-order chi connectivity index (χ0) is 10.8. The summed E-state index contributed by atoms with van der Waals surface area (Å²) in [4.78, 5) is 11.1. The molecule has 2 N–H and O–H groups in total. The Morgan fingerprint density at radius 2 is 2.07 bits per heavy atom. The Kier molecular flexibility index (Phi) is 8.64. The van der Waals surface area contributed by atoms with Crippen molar-refractivity contribution in [3.63, 3.8) is 0 Å². The molecule has 0 rings (SSSR count). The lowest BCUT2D eigenvalue weighted by Gasteiger charge is -2.06. The molecule has 1 atom stereocenters. The van der Waals surface area contributed by atoms with Gasteiger partial charge in [-0.2, -0.15) is 0 Å². The molecule has 84 valence electrons. The second-order valence-electron chi connectivity index (χ2n) is 3.66. The molecule has 0 aromatic rings. The molecule has 0 aromatic carbocycles. The molecule has 1 unspecified atom stereocenters. The normalized spacial score (nSPS) is 12.5. The van der Waals surface area contributed by atoms with Crippen LogP contribution in [0, 0.1) is 0 Å². The van der Waals surface area contributed by atoms with Crippen molar-refractivity contribution >= 4 is 5.91 Å². The number of aliphatic hydroxyl groups excluding tert-OH is 1. The van der Waals surface area contributed by atoms with E-state index in [-0.39, 0.29) is 12.0 Å². The van der Waals surface area contributed by atoms with Gasteiger partial charge in [-0.25, -0.2) is 0 Å². The molecule has 0 radical (unpaired) electrons. The van der Waals surface area contributed by atoms with Gasteiger partial charge in [-0.3, -0.25) is 4.79 Å². The third-order valence-electron chi connectivity index (χ3n) is 2.23. The van der Waals surface area contributed by atoms with Crippen molar-refractivity contribution in [2.24, 2.45) is 0 Å². The van der Waals surface area contributed by atoms with Crippen LogP contribution in [-0.2, 0) is 4.79 Å². The van der Waals surface area contributed by atoms with E-state index < -0.39 is 0 Å². The highest BCUT2D eigenvalue weighted by Crippen LogP contribution is 2.05. The van der Waals surface area contributed by atoms with Crippen molar-refractivity contribution in [1.29, 1.82) is 0 Å². The Hall–Kier alpha value is -0.570. The van der Waals surface area contributed by atoms with Gasteiger partial charge in [0.1, 0.15) is 0 Å². The summed E-state index contributed by atoms with van der Waals surface area (Å²) in [5.41, 5.74) is 0. The van der Waals surface area contributed by atoms with Crippen LogP contribution in [-0.4, -0.2) is 23.7 Å². The van der Waals surface area contributed by atoms with Crippen LogP contribution in [0.25, 0.3) is 0 Å². The monoisotopic (exact) mass is 201 g/mol. The van der Waals surface area contributed by atoms with Gasteiger partial charge < -0.3 is 10.4 Å². The van der Waals surface area contributed by atoms with Crippen LogP contribution in [0.1, 0.15) is 52.4 Å². The average molecular weight is 201 g/mol. The number of amides is 1. The first-order valence-electron chi connectivity index (χ1n) is 5.65. The van der Waals surface area contributed by atoms with Crippen molar-refractivity contribution in [3.8, 4) is 0 Å². The average Bonchev–Trinajstić information content (AvgIpc) is 2.21. The van der Waals surface area contributed by atoms with E-state index in [1.165, 1.54) is 0 Å². The largest absolute Gasteiger partial charge is 0.393 e. The summed E-state index contributed by atoms with van der Waals surface area (Å²) in [6.45, 7) is 4.78. The summed E-state index contributed by atoms with van der Waals surface area (Å²) in [5.74, 6) is 0.137. The minimum absolute atomic E-state index is 0.137. The molecule has 0 fully saturated rings. The fourth-order valence-corrected chi connectivity index (χ4v) is 1.22. The minimum Gasteiger partial charge on any atom is -0.393 e. The van der Waals surface area contributed by atoms with Crippen molar-refractivity contribution < 1.29 is 9.90 Å². The third-order valence-corrected chi connectivity index (χ3v) is 2.23. The molecule has 0 bridgehead atoms. The lowest BCUT2D eigenvalue weighted by atomic mass is 10.1. The lowest BCUT2D eigenvalue weighted by Crippen LogP contribution is -2.23. The Bertz CT molecular complexity index is 148. The maximum atomic E-state index is 11.1. The van der Waals surface area contributed by atoms with Crippen molar-refractivity contribution in [1.82, 2.24) is 5.32 Å². The molecule has 0 spiro atoms. The van der Waals surface area contributed by atoms with Gasteiger partial charge in [0.2, 0.25) is 5.91 Å². The number of nitrogens with one attached hydrogen (secondary N) is 1. The van der Waals surface area contributed by atoms with Gasteiger partial charge in [0, 0.05) is 13.0 Å². The van der Waals surface area contributed by atoms with Gasteiger partial charge in [-0.1, -0.05) is 20.3 Å². The Balaban J connectivity index is 3.22. The molecule has 0 aliphatic rings. The summed E-state index contributed by atoms with van der Waals surface area (Å²) >= 11 is 0. The van der Waals surface area contributed by atoms with Gasteiger partial charge in [-0.15, -0.1) is 0 Å². The highest BCUT2D eigenvalue weighted by Gasteiger charge is 2.02. The summed E-state index contributed by atoms with van der Waals surface area (Å²) in [6.07, 6.45) is 4.84. The number of rotatable bonds is 8. The van der Waals surface area contributed by atoms with Crippen LogP contribution in [0.2, 0.25) is 0 Å². The number of carbonyl (C=O) groups excluding carboxylic acids is 1. The second kappa shape index (κ2) is 9.00. The summed E-state index contributed by atoms with van der Waals surface area (Å²) in [5, 5.41) is 12.1. The molecule has 1 amide bonds. The fraction of sp³-hybridized carbons (Fsp3) is 0.909. The number of unbranched alkanes of at least 4 members (excludes halogenated alkanes) is 1. The molecular formula is C11H23NO2. The van der Waals surface area contributed by atoms with Gasteiger partial charge >= 0.3 is 0 Å². The Morgan fingerprint density at radius 1 is 1.36 bits per heavy atom. The Morgan fingerprint density at radius 3 is 2.64 bits per heavy atom. The number of aliphatic hydroxyl groups is 1. The van der Waals surface area contributed by atoms with Crippen molar-refractivity contribution in [2.45, 2.75) is 58.5 Å². The van der Waals surface area contributed by atoms with Crippen molar-refractivity contribution in [2.75, 3.05) is 6.54 Å². The van der Waals surface area contributed by atoms with E-state index in [1.807, 2.05) is 13.8 Å². The number of hydrogen-bond acceptors (Lipinski definition) is 2. The van der Waals surface area contributed by atoms with E-state index in [4.69, 9.17) is 0 Å². The molecule has 3 nitrogen and oxygen atoms in total. The van der Waals surface area contributed by atoms with Crippen LogP contribution in [0.4, 0.5) is 0 Å². The number of hydrogen-bond donors (Lipinski definition) is 2. The van der Waals surface area contributed by atoms with Crippen LogP contribution < -0.4 is 5.32 Å². The summed E-state index contributed by atoms with van der Waals surface area (Å²) < 4.78 is 0. The first-order chi connectivity index (χ1) is 6.70. The topological polar surface area (TPSA) is 49.3 Å². The van der Waals surface area contributed by atoms with Gasteiger partial charge in [0.25, 0.3) is 0 Å². The van der Waals surface area contributed by atoms with E-state index in [0.29, 0.717) is 6.42 Å². The predicted octanol–water partition coefficient (Wildman–Crippen LogP) is 1.84. The zero-order valence-corrected chi connectivity index (χ0v) is 9.38. The van der Waals surface area contributed by atoms with Crippen LogP contribution in [0.15, 0.2) is 0 Å². The summed E-state index contributed by atoms with van der Waals surface area (Å²) in [7, 11) is 0. The van der Waals surface area contributed by atoms with Crippen LogP contribution in [0.5, 0.6) is 0 Å². The smallest absolute Gasteiger partial charge is 0.219 e. The molecule has 0 aliphatic carbocycles. The molecule has 0 saturated heterocycles. The molecule has 0 saturated carbocycles. The van der Waals surface area contributed by atoms with E-state index in [9.17, 15) is 9.90 Å². The highest BCUT2D eigenvalue weighted by atomic mass is 16.3. The van der Waals surface area contributed by atoms with E-state index in [0.717, 1.165) is 38.6 Å². The van der Waals surface area contributed by atoms with Gasteiger partial charge in [0.05, 0.1) is 6.10 Å². The maximum absolute atomic E-state index is 11.1. The fourth-order valence-electron chi connectivity index (χ4n) is 1.22. The van der Waals surface area contributed by atoms with Gasteiger partial charge in [-0.05, 0) is 25.7 Å². The van der Waals surface area contributed by atoms with E-state index >= 15 is 0 Å². The van der Waals surface area contributed by atoms with Crippen LogP contribution >= 0.6 is 0 Å². The zero-order valence-electron chi connectivity index (χ0n) is 9.38. The maximum Gasteiger partial charge on any atom is 0.219 e. The van der Waals surface area contributed by atoms with Crippen LogP contribution in [0.3, 0.4) is 0 Å². The first kappa shape index (κ1) is 13.4. The van der Waals surface area contributed by atoms with Gasteiger partial charge in [0.15, 0.2) is 0 Å². The SMILES string of the molecule is CCCNC(=O)CCCCC(O)CC. The van der Waals surface area contributed by atoms with Crippen molar-refractivity contribution in [3.05, 3.63) is 0 Å². The minimum atomic E-state index is -0.186. The number of carbonyl (C=O) groups is 1. The highest BCUT2D eigenvalue weighted by molar-refractivity contribution is 5.75. The molecular weight excluding hydrogens is 178 g/mol. The first-order valence-corrected chi connectivity index (χ1v) is 5.65. The second-order valence-corrected chi connectivity index (χ2v) is 3.66. The summed E-state index contributed by atoms with van der Waals surface area (Å²) in [6, 6.07) is 0. The molecule has 0 aromatic heterocycles. The molecule has 0 heterocycles. The molecule has 14 heavy (non-hydrogen) atoms. The third kappa shape index (κ3) is 8.05. The van der Waals surface area contributed by atoms with E-state index in [1.54, 1.807) is 0 Å². The molecule has 3 heteroatoms. The lowest BCUT2D eigenvalue weighted by molar-refractivity contribution is -0.121. The molecule has 0 aliphatic heterocycles. The Labute approximate surface area is 86.9 Å².